The molecule has 0 heterocycles. The van der Waals surface area contributed by atoms with Crippen molar-refractivity contribution in [1.82, 2.24) is 4.90 Å². The van der Waals surface area contributed by atoms with Gasteiger partial charge in [0, 0.05) is 13.1 Å². The Kier molecular flexibility index (Phi) is 23.7. The molecule has 0 fully saturated rings. The molecule has 0 radical (unpaired) electrons. The fraction of sp³-hybridized carbons (Fsp3) is 1.00. The quantitative estimate of drug-likeness (QED) is 0.196. The van der Waals surface area contributed by atoms with Gasteiger partial charge in [-0.2, -0.15) is 0 Å². The van der Waals surface area contributed by atoms with Crippen molar-refractivity contribution < 1.29 is 19.7 Å². The second-order valence-corrected chi connectivity index (χ2v) is 7.51. The first-order valence-corrected chi connectivity index (χ1v) is 11.4. The van der Waals surface area contributed by atoms with Crippen LogP contribution in [0.3, 0.4) is 0 Å². The number of hydrogen-bond acceptors (Lipinski definition) is 5. The Balaban J connectivity index is 3.39. The first-order valence-electron chi connectivity index (χ1n) is 11.4. The van der Waals surface area contributed by atoms with Gasteiger partial charge < -0.3 is 19.7 Å². The average molecular weight is 390 g/mol. The fourth-order valence-corrected chi connectivity index (χ4v) is 3.38. The number of hydrogen-bond donors (Lipinski definition) is 2. The third-order valence-electron chi connectivity index (χ3n) is 5.11. The molecule has 0 rings (SSSR count). The van der Waals surface area contributed by atoms with Crippen LogP contribution < -0.4 is 0 Å². The summed E-state index contributed by atoms with van der Waals surface area (Å²) >= 11 is 0. The molecule has 0 aliphatic rings. The highest BCUT2D eigenvalue weighted by Crippen LogP contribution is 2.13. The van der Waals surface area contributed by atoms with Crippen LogP contribution in [-0.4, -0.2) is 61.5 Å². The molecule has 2 N–H and O–H groups in total. The molecule has 0 spiro atoms. The van der Waals surface area contributed by atoms with Crippen LogP contribution in [0.25, 0.3) is 0 Å². The summed E-state index contributed by atoms with van der Waals surface area (Å²) in [6.45, 7) is 5.53. The van der Waals surface area contributed by atoms with E-state index in [2.05, 4.69) is 11.8 Å². The average Bonchev–Trinajstić information content (AvgIpc) is 2.68. The summed E-state index contributed by atoms with van der Waals surface area (Å²) in [6, 6.07) is 0. The van der Waals surface area contributed by atoms with Crippen molar-refractivity contribution >= 4 is 0 Å². The topological polar surface area (TPSA) is 62.2 Å². The molecule has 0 aromatic carbocycles. The minimum Gasteiger partial charge on any atom is -0.371 e. The van der Waals surface area contributed by atoms with Crippen molar-refractivity contribution in [2.24, 2.45) is 0 Å². The van der Waals surface area contributed by atoms with E-state index in [0.717, 1.165) is 19.6 Å². The Bertz CT molecular complexity index is 257. The molecule has 0 atom stereocenters. The zero-order chi connectivity index (χ0) is 19.8. The first kappa shape index (κ1) is 26.8. The van der Waals surface area contributed by atoms with Crippen molar-refractivity contribution in [3.8, 4) is 0 Å². The molecular formula is C22H47NO4. The minimum atomic E-state index is -0.222. The molecule has 0 aliphatic carbocycles. The van der Waals surface area contributed by atoms with Crippen molar-refractivity contribution in [2.75, 3.05) is 46.4 Å². The van der Waals surface area contributed by atoms with Gasteiger partial charge in [-0.25, -0.2) is 0 Å². The molecule has 27 heavy (non-hydrogen) atoms. The van der Waals surface area contributed by atoms with E-state index in [-0.39, 0.29) is 13.6 Å². The van der Waals surface area contributed by atoms with Crippen molar-refractivity contribution in [3.05, 3.63) is 0 Å². The van der Waals surface area contributed by atoms with E-state index < -0.39 is 0 Å². The lowest BCUT2D eigenvalue weighted by atomic mass is 10.0. The lowest BCUT2D eigenvalue weighted by molar-refractivity contribution is -0.0249. The second-order valence-electron chi connectivity index (χ2n) is 7.51. The van der Waals surface area contributed by atoms with Gasteiger partial charge in [-0.15, -0.1) is 0 Å². The monoisotopic (exact) mass is 389 g/mol. The molecule has 0 saturated carbocycles. The molecule has 0 unspecified atom stereocenters. The summed E-state index contributed by atoms with van der Waals surface area (Å²) < 4.78 is 10.0. The third-order valence-corrected chi connectivity index (χ3v) is 5.11. The van der Waals surface area contributed by atoms with E-state index in [1.807, 2.05) is 0 Å². The maximum absolute atomic E-state index is 8.70. The molecule has 5 nitrogen and oxygen atoms in total. The van der Waals surface area contributed by atoms with Gasteiger partial charge in [-0.05, 0) is 13.0 Å². The van der Waals surface area contributed by atoms with Gasteiger partial charge in [0.1, 0.15) is 13.6 Å². The zero-order valence-corrected chi connectivity index (χ0v) is 18.0. The van der Waals surface area contributed by atoms with E-state index in [9.17, 15) is 0 Å². The molecule has 0 aliphatic heterocycles. The van der Waals surface area contributed by atoms with Crippen LogP contribution in [0.2, 0.25) is 0 Å². The van der Waals surface area contributed by atoms with Crippen LogP contribution >= 0.6 is 0 Å². The Hall–Kier alpha value is -0.200. The predicted molar refractivity (Wildman–Crippen MR) is 113 cm³/mol. The summed E-state index contributed by atoms with van der Waals surface area (Å²) in [4.78, 5) is 2.28. The van der Waals surface area contributed by atoms with Crippen molar-refractivity contribution in [2.45, 2.75) is 96.8 Å². The minimum absolute atomic E-state index is 0.222. The molecule has 0 saturated heterocycles. The number of unbranched alkanes of at least 4 members (excludes halogenated alkanes) is 13. The van der Waals surface area contributed by atoms with Crippen LogP contribution in [0, 0.1) is 0 Å². The molecule has 5 heteroatoms. The number of ether oxygens (including phenoxy) is 2. The molecule has 0 aromatic heterocycles. The largest absolute Gasteiger partial charge is 0.371 e. The van der Waals surface area contributed by atoms with Gasteiger partial charge in [0.2, 0.25) is 0 Å². The van der Waals surface area contributed by atoms with Gasteiger partial charge in [-0.1, -0.05) is 90.4 Å². The highest BCUT2D eigenvalue weighted by Gasteiger charge is 2.04. The lowest BCUT2D eigenvalue weighted by Crippen LogP contribution is -2.32. The maximum atomic E-state index is 8.70. The zero-order valence-electron chi connectivity index (χ0n) is 18.0. The smallest absolute Gasteiger partial charge is 0.143 e. The van der Waals surface area contributed by atoms with Crippen LogP contribution in [-0.2, 0) is 9.47 Å². The SMILES string of the molecule is CCCCCCCCCCCCCCCCN(CCOCO)CCOCO. The predicted octanol–water partition coefficient (Wildman–Crippen LogP) is 4.70. The number of aliphatic hydroxyl groups excluding tert-OH is 2. The number of nitrogens with zero attached hydrogens (tertiary/aromatic N) is 1. The summed E-state index contributed by atoms with van der Waals surface area (Å²) in [5.74, 6) is 0. The Morgan fingerprint density at radius 1 is 0.519 bits per heavy atom. The normalized spacial score (nSPS) is 11.6. The summed E-state index contributed by atoms with van der Waals surface area (Å²) in [5.41, 5.74) is 0. The summed E-state index contributed by atoms with van der Waals surface area (Å²) in [5, 5.41) is 17.4. The number of rotatable bonds is 23. The molecule has 0 aromatic rings. The molecular weight excluding hydrogens is 342 g/mol. The van der Waals surface area contributed by atoms with E-state index in [4.69, 9.17) is 19.7 Å². The van der Waals surface area contributed by atoms with Crippen LogP contribution in [0.4, 0.5) is 0 Å². The van der Waals surface area contributed by atoms with Gasteiger partial charge in [0.05, 0.1) is 13.2 Å². The molecule has 0 amide bonds. The van der Waals surface area contributed by atoms with Crippen LogP contribution in [0.1, 0.15) is 96.8 Å². The second kappa shape index (κ2) is 23.8. The third kappa shape index (κ3) is 22.0. The first-order chi connectivity index (χ1) is 13.3. The van der Waals surface area contributed by atoms with Gasteiger partial charge >= 0.3 is 0 Å². The van der Waals surface area contributed by atoms with Crippen molar-refractivity contribution in [3.63, 3.8) is 0 Å². The van der Waals surface area contributed by atoms with Crippen LogP contribution in [0.5, 0.6) is 0 Å². The highest BCUT2D eigenvalue weighted by molar-refractivity contribution is 4.58. The molecule has 164 valence electrons. The van der Waals surface area contributed by atoms with Crippen molar-refractivity contribution in [1.29, 1.82) is 0 Å². The highest BCUT2D eigenvalue weighted by atomic mass is 16.6. The van der Waals surface area contributed by atoms with Gasteiger partial charge in [0.15, 0.2) is 0 Å². The standard InChI is InChI=1S/C22H47NO4/c1-2-3-4-5-6-7-8-9-10-11-12-13-14-15-16-23(17-19-26-21-24)18-20-27-22-25/h24-25H,2-22H2,1H3. The van der Waals surface area contributed by atoms with E-state index >= 15 is 0 Å². The van der Waals surface area contributed by atoms with E-state index in [1.165, 1.54) is 89.9 Å². The Labute approximate surface area is 168 Å². The lowest BCUT2D eigenvalue weighted by Gasteiger charge is -2.21. The Morgan fingerprint density at radius 2 is 0.889 bits per heavy atom. The summed E-state index contributed by atoms with van der Waals surface area (Å²) in [6.07, 6.45) is 19.2. The molecule has 0 bridgehead atoms. The van der Waals surface area contributed by atoms with Crippen LogP contribution in [0.15, 0.2) is 0 Å². The number of aliphatic hydroxyl groups is 2. The maximum Gasteiger partial charge on any atom is 0.143 e. The van der Waals surface area contributed by atoms with Gasteiger partial charge in [-0.3, -0.25) is 4.90 Å². The fourth-order valence-electron chi connectivity index (χ4n) is 3.38. The van der Waals surface area contributed by atoms with Gasteiger partial charge in [0.25, 0.3) is 0 Å². The van der Waals surface area contributed by atoms with E-state index in [1.54, 1.807) is 0 Å². The van der Waals surface area contributed by atoms with E-state index in [0.29, 0.717) is 13.2 Å². The Morgan fingerprint density at radius 3 is 1.26 bits per heavy atom. The summed E-state index contributed by atoms with van der Waals surface area (Å²) in [7, 11) is 0.